The molecule has 13 nitrogen and oxygen atoms in total. The number of imide groups is 1. The van der Waals surface area contributed by atoms with Crippen molar-refractivity contribution in [2.45, 2.75) is 30.3 Å². The number of piperidine rings is 1. The fourth-order valence-electron chi connectivity index (χ4n) is 7.44. The number of anilines is 1. The summed E-state index contributed by atoms with van der Waals surface area (Å²) >= 11 is 0. The van der Waals surface area contributed by atoms with E-state index < -0.39 is 21.8 Å². The molecule has 0 aliphatic carbocycles. The van der Waals surface area contributed by atoms with Crippen molar-refractivity contribution in [2.24, 2.45) is 0 Å². The van der Waals surface area contributed by atoms with Gasteiger partial charge < -0.3 is 29.3 Å². The molecule has 5 aromatic rings. The molecule has 0 spiro atoms. The third-order valence-corrected chi connectivity index (χ3v) is 11.6. The minimum atomic E-state index is -3.36. The highest BCUT2D eigenvalue weighted by Crippen LogP contribution is 2.41. The van der Waals surface area contributed by atoms with Gasteiger partial charge >= 0.3 is 0 Å². The van der Waals surface area contributed by atoms with Crippen LogP contribution in [0.1, 0.15) is 28.8 Å². The van der Waals surface area contributed by atoms with Gasteiger partial charge in [0.1, 0.15) is 29.0 Å². The number of hydrogen-bond donors (Lipinski definition) is 2. The number of hydrogen-bond acceptors (Lipinski definition) is 10. The lowest BCUT2D eigenvalue weighted by Gasteiger charge is -2.36. The molecule has 1 unspecified atom stereocenters. The quantitative estimate of drug-likeness (QED) is 0.197. The number of carbonyl (C=O) groups excluding carboxylic acids is 4. The van der Waals surface area contributed by atoms with E-state index in [9.17, 15) is 32.7 Å². The largest absolute Gasteiger partial charge is 0.508 e. The van der Waals surface area contributed by atoms with Crippen LogP contribution < -0.4 is 19.7 Å². The first-order valence-electron chi connectivity index (χ1n) is 18.2. The number of amides is 4. The van der Waals surface area contributed by atoms with Gasteiger partial charge in [-0.05, 0) is 102 Å². The maximum Gasteiger partial charge on any atom is 0.260 e. The minimum absolute atomic E-state index is 0.117. The number of benzene rings is 5. The van der Waals surface area contributed by atoms with E-state index in [4.69, 9.17) is 9.47 Å². The molecule has 3 aliphatic rings. The average molecular weight is 775 g/mol. The predicted octanol–water partition coefficient (Wildman–Crippen LogP) is 4.90. The second kappa shape index (κ2) is 14.7. The zero-order valence-electron chi connectivity index (χ0n) is 30.4. The smallest absolute Gasteiger partial charge is 0.260 e. The number of nitrogens with zero attached hydrogens (tertiary/aromatic N) is 3. The maximum atomic E-state index is 13.2. The second-order valence-electron chi connectivity index (χ2n) is 14.1. The molecule has 56 heavy (non-hydrogen) atoms. The van der Waals surface area contributed by atoms with Gasteiger partial charge in [0.05, 0.1) is 4.90 Å². The van der Waals surface area contributed by atoms with Gasteiger partial charge in [0.15, 0.2) is 16.4 Å². The van der Waals surface area contributed by atoms with E-state index in [-0.39, 0.29) is 41.4 Å². The van der Waals surface area contributed by atoms with Crippen LogP contribution in [-0.2, 0) is 30.8 Å². The summed E-state index contributed by atoms with van der Waals surface area (Å²) in [6.45, 7) is 2.34. The third kappa shape index (κ3) is 7.35. The lowest BCUT2D eigenvalue weighted by atomic mass is 9.99. The van der Waals surface area contributed by atoms with Crippen molar-refractivity contribution < 1.29 is 42.2 Å². The molecule has 0 aromatic heterocycles. The van der Waals surface area contributed by atoms with E-state index in [1.54, 1.807) is 77.7 Å². The number of nitrogens with one attached hydrogen (secondary N) is 1. The number of sulfone groups is 1. The Morgan fingerprint density at radius 3 is 2.27 bits per heavy atom. The number of phenols is 1. The summed E-state index contributed by atoms with van der Waals surface area (Å²) in [4.78, 5) is 55.9. The highest BCUT2D eigenvalue weighted by Gasteiger charge is 2.39. The summed E-state index contributed by atoms with van der Waals surface area (Å²) in [5.41, 5.74) is 3.81. The van der Waals surface area contributed by atoms with Gasteiger partial charge in [0.25, 0.3) is 11.8 Å². The fraction of sp³-hybridized carbons (Fsp3) is 0.238. The average Bonchev–Trinajstić information content (AvgIpc) is 3.52. The molecule has 0 bridgehead atoms. The Labute approximate surface area is 322 Å². The van der Waals surface area contributed by atoms with Crippen molar-refractivity contribution in [3.05, 3.63) is 108 Å². The Kier molecular flexibility index (Phi) is 9.58. The van der Waals surface area contributed by atoms with Crippen molar-refractivity contribution in [2.75, 3.05) is 43.9 Å². The molecule has 2 fully saturated rings. The molecule has 0 saturated carbocycles. The molecule has 5 aromatic carbocycles. The number of rotatable bonds is 9. The van der Waals surface area contributed by atoms with Gasteiger partial charge in [-0.3, -0.25) is 24.5 Å². The molecule has 3 aliphatic heterocycles. The Hall–Kier alpha value is -6.41. The SMILES string of the molecule is CS(=O)(=O)c1ccc(-c2ccc3cc(O)ccc3c2Oc2ccc(OCC(=O)N3CCN(c4ccc5c(c4)CN(C4CCC(=O)NC4=O)C5=O)CC3)cc2)cc1. The van der Waals surface area contributed by atoms with Crippen LogP contribution in [0.4, 0.5) is 5.69 Å². The summed E-state index contributed by atoms with van der Waals surface area (Å²) in [5, 5.41) is 13.9. The first kappa shape index (κ1) is 36.6. The number of piperazine rings is 1. The van der Waals surface area contributed by atoms with E-state index >= 15 is 0 Å². The molecule has 2 saturated heterocycles. The molecule has 14 heteroatoms. The number of carbonyl (C=O) groups is 4. The molecule has 2 N–H and O–H groups in total. The van der Waals surface area contributed by atoms with Crippen molar-refractivity contribution in [1.82, 2.24) is 15.1 Å². The topological polar surface area (TPSA) is 163 Å². The highest BCUT2D eigenvalue weighted by atomic mass is 32.2. The van der Waals surface area contributed by atoms with Crippen molar-refractivity contribution in [3.63, 3.8) is 0 Å². The van der Waals surface area contributed by atoms with Crippen LogP contribution >= 0.6 is 0 Å². The zero-order valence-corrected chi connectivity index (χ0v) is 31.3. The van der Waals surface area contributed by atoms with Gasteiger partial charge in [-0.2, -0.15) is 0 Å². The summed E-state index contributed by atoms with van der Waals surface area (Å²) in [6, 6.07) is 27.2. The summed E-state index contributed by atoms with van der Waals surface area (Å²) in [6.07, 6.45) is 1.68. The Bertz CT molecular complexity index is 2500. The lowest BCUT2D eigenvalue weighted by Crippen LogP contribution is -2.52. The van der Waals surface area contributed by atoms with E-state index in [1.807, 2.05) is 24.3 Å². The van der Waals surface area contributed by atoms with Crippen molar-refractivity contribution >= 4 is 49.9 Å². The number of ether oxygens (including phenoxy) is 2. The molecule has 8 rings (SSSR count). The first-order chi connectivity index (χ1) is 26.9. The van der Waals surface area contributed by atoms with E-state index in [1.165, 1.54) is 4.90 Å². The number of aromatic hydroxyl groups is 1. The van der Waals surface area contributed by atoms with E-state index in [2.05, 4.69) is 10.2 Å². The van der Waals surface area contributed by atoms with Crippen LogP contribution in [0.15, 0.2) is 102 Å². The minimum Gasteiger partial charge on any atom is -0.508 e. The van der Waals surface area contributed by atoms with Crippen LogP contribution in [0.25, 0.3) is 21.9 Å². The summed E-state index contributed by atoms with van der Waals surface area (Å²) in [5.74, 6) is 0.527. The molecule has 286 valence electrons. The van der Waals surface area contributed by atoms with Gasteiger partial charge in [0.2, 0.25) is 11.8 Å². The normalized spacial score (nSPS) is 17.2. The van der Waals surface area contributed by atoms with Gasteiger partial charge in [-0.15, -0.1) is 0 Å². The Morgan fingerprint density at radius 1 is 0.839 bits per heavy atom. The van der Waals surface area contributed by atoms with Crippen LogP contribution in [0.5, 0.6) is 23.0 Å². The summed E-state index contributed by atoms with van der Waals surface area (Å²) < 4.78 is 36.4. The first-order valence-corrected chi connectivity index (χ1v) is 20.1. The van der Waals surface area contributed by atoms with Crippen LogP contribution in [0.2, 0.25) is 0 Å². The van der Waals surface area contributed by atoms with E-state index in [0.29, 0.717) is 62.0 Å². The molecule has 4 amide bonds. The van der Waals surface area contributed by atoms with Crippen LogP contribution in [-0.4, -0.2) is 92.0 Å². The van der Waals surface area contributed by atoms with Crippen molar-refractivity contribution in [1.29, 1.82) is 0 Å². The third-order valence-electron chi connectivity index (χ3n) is 10.5. The standard InChI is InChI=1S/C42H38N4O9S/c1-56(52,53)33-11-2-26(3-12-33)34-13-4-27-23-30(47)6-15-35(27)40(34)55-32-9-7-31(8-10-32)54-25-39(49)45-20-18-44(19-21-45)29-5-14-36-28(22-29)24-46(42(36)51)37-16-17-38(48)43-41(37)50/h2-15,22-23,37,47H,16-21,24-25H2,1H3,(H,43,48,50). The second-order valence-corrected chi connectivity index (χ2v) is 16.1. The Balaban J connectivity index is 0.877. The highest BCUT2D eigenvalue weighted by molar-refractivity contribution is 7.90. The number of phenolic OH excluding ortho intramolecular Hbond substituents is 1. The number of fused-ring (bicyclic) bond motifs is 2. The molecular formula is C42H38N4O9S. The molecular weight excluding hydrogens is 737 g/mol. The van der Waals surface area contributed by atoms with Gasteiger partial charge in [-0.1, -0.05) is 18.2 Å². The lowest BCUT2D eigenvalue weighted by molar-refractivity contribution is -0.137. The van der Waals surface area contributed by atoms with Crippen LogP contribution in [0, 0.1) is 0 Å². The fourth-order valence-corrected chi connectivity index (χ4v) is 8.07. The van der Waals surface area contributed by atoms with E-state index in [0.717, 1.165) is 39.4 Å². The van der Waals surface area contributed by atoms with Crippen LogP contribution in [0.3, 0.4) is 0 Å². The van der Waals surface area contributed by atoms with Gasteiger partial charge in [-0.25, -0.2) is 8.42 Å². The maximum absolute atomic E-state index is 13.2. The van der Waals surface area contributed by atoms with Gasteiger partial charge in [0, 0.05) is 67.6 Å². The van der Waals surface area contributed by atoms with Crippen molar-refractivity contribution in [3.8, 4) is 34.1 Å². The monoisotopic (exact) mass is 774 g/mol. The molecule has 1 atom stereocenters. The molecule has 0 radical (unpaired) electrons. The Morgan fingerprint density at radius 2 is 1.55 bits per heavy atom. The predicted molar refractivity (Wildman–Crippen MR) is 207 cm³/mol. The summed E-state index contributed by atoms with van der Waals surface area (Å²) in [7, 11) is -3.36. The molecule has 3 heterocycles. The zero-order chi connectivity index (χ0) is 39.1.